The van der Waals surface area contributed by atoms with E-state index in [1.54, 1.807) is 20.1 Å². The Balaban J connectivity index is 2.84. The lowest BCUT2D eigenvalue weighted by atomic mass is 10.1. The maximum atomic E-state index is 12.8. The number of ether oxygens (including phenoxy) is 1. The number of halogens is 1. The van der Waals surface area contributed by atoms with Gasteiger partial charge in [0.1, 0.15) is 0 Å². The first-order chi connectivity index (χ1) is 6.15. The molecule has 13 heavy (non-hydrogen) atoms. The summed E-state index contributed by atoms with van der Waals surface area (Å²) in [6, 6.07) is 1.45. The molecule has 0 aliphatic heterocycles. The van der Waals surface area contributed by atoms with E-state index < -0.39 is 5.95 Å². The van der Waals surface area contributed by atoms with Gasteiger partial charge in [0.15, 0.2) is 0 Å². The first-order valence-electron chi connectivity index (χ1n) is 4.01. The molecule has 1 rings (SSSR count). The van der Waals surface area contributed by atoms with Crippen LogP contribution in [0.3, 0.4) is 0 Å². The lowest BCUT2D eigenvalue weighted by Gasteiger charge is -2.10. The van der Waals surface area contributed by atoms with Crippen LogP contribution in [-0.4, -0.2) is 18.7 Å². The summed E-state index contributed by atoms with van der Waals surface area (Å²) in [5.41, 5.74) is 7.03. The second-order valence-corrected chi connectivity index (χ2v) is 2.94. The van der Waals surface area contributed by atoms with Crippen LogP contribution in [-0.2, 0) is 4.74 Å². The highest BCUT2D eigenvalue weighted by atomic mass is 19.1. The number of nitrogens with two attached hydrogens (primary N) is 1. The molecule has 0 aliphatic rings. The molecule has 0 radical (unpaired) electrons. The number of nitrogens with zero attached hydrogens (tertiary/aromatic N) is 1. The third-order valence-corrected chi connectivity index (χ3v) is 1.81. The van der Waals surface area contributed by atoms with E-state index in [-0.39, 0.29) is 6.04 Å². The Kier molecular flexibility index (Phi) is 3.33. The van der Waals surface area contributed by atoms with E-state index in [2.05, 4.69) is 4.98 Å². The van der Waals surface area contributed by atoms with Crippen LogP contribution in [0, 0.1) is 12.9 Å². The summed E-state index contributed by atoms with van der Waals surface area (Å²) < 4.78 is 17.6. The highest BCUT2D eigenvalue weighted by Crippen LogP contribution is 2.12. The Morgan fingerprint density at radius 2 is 2.38 bits per heavy atom. The van der Waals surface area contributed by atoms with Gasteiger partial charge in [-0.15, -0.1) is 0 Å². The average Bonchev–Trinajstić information content (AvgIpc) is 2.10. The van der Waals surface area contributed by atoms with Gasteiger partial charge >= 0.3 is 0 Å². The number of aryl methyl sites for hydroxylation is 1. The predicted molar refractivity (Wildman–Crippen MR) is 47.7 cm³/mol. The number of rotatable bonds is 3. The fourth-order valence-corrected chi connectivity index (χ4v) is 1.06. The van der Waals surface area contributed by atoms with E-state index in [9.17, 15) is 4.39 Å². The zero-order chi connectivity index (χ0) is 9.84. The van der Waals surface area contributed by atoms with Crippen LogP contribution in [0.25, 0.3) is 0 Å². The molecule has 1 aromatic rings. The molecule has 1 heterocycles. The van der Waals surface area contributed by atoms with Crippen molar-refractivity contribution < 1.29 is 9.13 Å². The summed E-state index contributed by atoms with van der Waals surface area (Å²) in [6.45, 7) is 2.07. The van der Waals surface area contributed by atoms with Crippen LogP contribution in [0.15, 0.2) is 12.3 Å². The molecule has 1 atom stereocenters. The van der Waals surface area contributed by atoms with E-state index in [0.29, 0.717) is 12.2 Å². The van der Waals surface area contributed by atoms with Crippen molar-refractivity contribution in [2.75, 3.05) is 13.7 Å². The number of methoxy groups -OCH3 is 1. The fraction of sp³-hybridized carbons (Fsp3) is 0.444. The zero-order valence-electron chi connectivity index (χ0n) is 7.75. The Hall–Kier alpha value is -1.00. The van der Waals surface area contributed by atoms with Crippen molar-refractivity contribution in [1.82, 2.24) is 4.98 Å². The highest BCUT2D eigenvalue weighted by Gasteiger charge is 2.07. The summed E-state index contributed by atoms with van der Waals surface area (Å²) in [6.07, 6.45) is 1.44. The molecule has 0 aliphatic carbocycles. The minimum Gasteiger partial charge on any atom is -0.383 e. The van der Waals surface area contributed by atoms with Gasteiger partial charge in [0.2, 0.25) is 5.95 Å². The number of pyridine rings is 1. The molecule has 0 aromatic carbocycles. The SMILES string of the molecule is COCC(N)c1cnc(F)c(C)c1. The van der Waals surface area contributed by atoms with Gasteiger partial charge in [-0.25, -0.2) is 4.98 Å². The Morgan fingerprint density at radius 1 is 1.69 bits per heavy atom. The first-order valence-corrected chi connectivity index (χ1v) is 4.01. The second-order valence-electron chi connectivity index (χ2n) is 2.94. The van der Waals surface area contributed by atoms with Crippen molar-refractivity contribution >= 4 is 0 Å². The highest BCUT2D eigenvalue weighted by molar-refractivity contribution is 5.20. The smallest absolute Gasteiger partial charge is 0.215 e. The van der Waals surface area contributed by atoms with Crippen molar-refractivity contribution in [1.29, 1.82) is 0 Å². The quantitative estimate of drug-likeness (QED) is 0.717. The molecule has 1 unspecified atom stereocenters. The predicted octanol–water partition coefficient (Wildman–Crippen LogP) is 1.18. The van der Waals surface area contributed by atoms with Crippen LogP contribution in [0.4, 0.5) is 4.39 Å². The largest absolute Gasteiger partial charge is 0.383 e. The maximum Gasteiger partial charge on any atom is 0.215 e. The van der Waals surface area contributed by atoms with Gasteiger partial charge in [-0.05, 0) is 18.6 Å². The Bertz CT molecular complexity index is 291. The molecule has 3 nitrogen and oxygen atoms in total. The van der Waals surface area contributed by atoms with Crippen LogP contribution < -0.4 is 5.73 Å². The molecule has 0 amide bonds. The molecular weight excluding hydrogens is 171 g/mol. The lowest BCUT2D eigenvalue weighted by Crippen LogP contribution is -2.16. The van der Waals surface area contributed by atoms with Crippen LogP contribution in [0.1, 0.15) is 17.2 Å². The van der Waals surface area contributed by atoms with Gasteiger partial charge in [-0.1, -0.05) is 0 Å². The number of aromatic nitrogens is 1. The van der Waals surface area contributed by atoms with E-state index in [0.717, 1.165) is 5.56 Å². The van der Waals surface area contributed by atoms with Crippen LogP contribution in [0.5, 0.6) is 0 Å². The average molecular weight is 184 g/mol. The molecular formula is C9H13FN2O. The van der Waals surface area contributed by atoms with Gasteiger partial charge in [0.05, 0.1) is 12.6 Å². The second kappa shape index (κ2) is 4.30. The van der Waals surface area contributed by atoms with Gasteiger partial charge in [-0.3, -0.25) is 0 Å². The standard InChI is InChI=1S/C9H13FN2O/c1-6-3-7(4-12-9(6)10)8(11)5-13-2/h3-4,8H,5,11H2,1-2H3. The van der Waals surface area contributed by atoms with Crippen molar-refractivity contribution in [2.24, 2.45) is 5.73 Å². The zero-order valence-corrected chi connectivity index (χ0v) is 7.75. The summed E-state index contributed by atoms with van der Waals surface area (Å²) in [7, 11) is 1.57. The molecule has 0 saturated heterocycles. The van der Waals surface area contributed by atoms with E-state index in [1.165, 1.54) is 6.20 Å². The topological polar surface area (TPSA) is 48.1 Å². The molecule has 0 bridgehead atoms. The third-order valence-electron chi connectivity index (χ3n) is 1.81. The minimum atomic E-state index is -0.451. The monoisotopic (exact) mass is 184 g/mol. The van der Waals surface area contributed by atoms with Crippen molar-refractivity contribution in [3.63, 3.8) is 0 Å². The summed E-state index contributed by atoms with van der Waals surface area (Å²) >= 11 is 0. The van der Waals surface area contributed by atoms with Crippen LogP contribution >= 0.6 is 0 Å². The van der Waals surface area contributed by atoms with Crippen molar-refractivity contribution in [2.45, 2.75) is 13.0 Å². The van der Waals surface area contributed by atoms with Crippen LogP contribution in [0.2, 0.25) is 0 Å². The Morgan fingerprint density at radius 3 is 2.92 bits per heavy atom. The first kappa shape index (κ1) is 10.1. The molecule has 2 N–H and O–H groups in total. The molecule has 72 valence electrons. The van der Waals surface area contributed by atoms with Crippen molar-refractivity contribution in [3.8, 4) is 0 Å². The van der Waals surface area contributed by atoms with E-state index in [4.69, 9.17) is 10.5 Å². The lowest BCUT2D eigenvalue weighted by molar-refractivity contribution is 0.180. The molecule has 0 fully saturated rings. The number of hydrogen-bond donors (Lipinski definition) is 1. The minimum absolute atomic E-state index is 0.239. The fourth-order valence-electron chi connectivity index (χ4n) is 1.06. The van der Waals surface area contributed by atoms with Gasteiger partial charge < -0.3 is 10.5 Å². The maximum absolute atomic E-state index is 12.8. The third kappa shape index (κ3) is 2.47. The molecule has 1 aromatic heterocycles. The molecule has 0 saturated carbocycles. The summed E-state index contributed by atoms with van der Waals surface area (Å²) in [4.78, 5) is 3.58. The summed E-state index contributed by atoms with van der Waals surface area (Å²) in [5, 5.41) is 0. The molecule has 4 heteroatoms. The van der Waals surface area contributed by atoms with Gasteiger partial charge in [0.25, 0.3) is 0 Å². The Labute approximate surface area is 76.7 Å². The summed E-state index contributed by atoms with van der Waals surface area (Å²) in [5.74, 6) is -0.451. The number of hydrogen-bond acceptors (Lipinski definition) is 3. The molecule has 0 spiro atoms. The van der Waals surface area contributed by atoms with E-state index >= 15 is 0 Å². The van der Waals surface area contributed by atoms with E-state index in [1.807, 2.05) is 0 Å². The van der Waals surface area contributed by atoms with Gasteiger partial charge in [-0.2, -0.15) is 4.39 Å². The normalized spacial score (nSPS) is 12.9. The van der Waals surface area contributed by atoms with Gasteiger partial charge in [0, 0.05) is 18.9 Å². The van der Waals surface area contributed by atoms with Crippen molar-refractivity contribution in [3.05, 3.63) is 29.3 Å².